The molecule has 0 unspecified atom stereocenters. The Morgan fingerprint density at radius 2 is 2.00 bits per heavy atom. The standard InChI is InChI=1S/C17H22N4O3/c22-16(19-6-2-8-21-9-11-24-12-10-21)17(23)20-15-4-1-3-14-13(15)5-7-18-14/h1,3-5,7,18H,2,6,8-12H2,(H,19,22)(H,20,23). The number of morpholine rings is 1. The first kappa shape index (κ1) is 16.5. The summed E-state index contributed by atoms with van der Waals surface area (Å²) in [6.07, 6.45) is 2.61. The summed E-state index contributed by atoms with van der Waals surface area (Å²) in [4.78, 5) is 29.3. The van der Waals surface area contributed by atoms with Gasteiger partial charge in [0.2, 0.25) is 0 Å². The number of fused-ring (bicyclic) bond motifs is 1. The third-order valence-electron chi connectivity index (χ3n) is 4.09. The van der Waals surface area contributed by atoms with E-state index in [1.54, 1.807) is 12.3 Å². The van der Waals surface area contributed by atoms with Crippen LogP contribution >= 0.6 is 0 Å². The Labute approximate surface area is 140 Å². The average molecular weight is 330 g/mol. The molecule has 1 saturated heterocycles. The Balaban J connectivity index is 1.43. The second-order valence-electron chi connectivity index (χ2n) is 5.76. The van der Waals surface area contributed by atoms with Crippen molar-refractivity contribution in [3.8, 4) is 0 Å². The number of anilines is 1. The predicted molar refractivity (Wildman–Crippen MR) is 91.8 cm³/mol. The smallest absolute Gasteiger partial charge is 0.313 e. The molecule has 0 aliphatic carbocycles. The van der Waals surface area contributed by atoms with Gasteiger partial charge in [0.05, 0.1) is 18.9 Å². The van der Waals surface area contributed by atoms with Gasteiger partial charge in [0.1, 0.15) is 0 Å². The van der Waals surface area contributed by atoms with Crippen molar-refractivity contribution in [2.45, 2.75) is 6.42 Å². The molecule has 0 radical (unpaired) electrons. The second kappa shape index (κ2) is 7.94. The first-order chi connectivity index (χ1) is 11.7. The van der Waals surface area contributed by atoms with Crippen molar-refractivity contribution in [1.82, 2.24) is 15.2 Å². The topological polar surface area (TPSA) is 86.5 Å². The van der Waals surface area contributed by atoms with E-state index in [-0.39, 0.29) is 0 Å². The molecule has 0 spiro atoms. The molecule has 2 amide bonds. The van der Waals surface area contributed by atoms with Crippen molar-refractivity contribution in [1.29, 1.82) is 0 Å². The van der Waals surface area contributed by atoms with Crippen molar-refractivity contribution in [2.24, 2.45) is 0 Å². The van der Waals surface area contributed by atoms with Crippen LogP contribution in [0.1, 0.15) is 6.42 Å². The van der Waals surface area contributed by atoms with Gasteiger partial charge in [0.25, 0.3) is 0 Å². The van der Waals surface area contributed by atoms with Crippen LogP contribution in [0.3, 0.4) is 0 Å². The molecule has 2 aromatic rings. The second-order valence-corrected chi connectivity index (χ2v) is 5.76. The lowest BCUT2D eigenvalue weighted by Gasteiger charge is -2.26. The number of hydrogen-bond acceptors (Lipinski definition) is 4. The molecule has 1 aromatic heterocycles. The SMILES string of the molecule is O=C(NCCCN1CCOCC1)C(=O)Nc1cccc2[nH]ccc12. The maximum Gasteiger partial charge on any atom is 0.313 e. The number of aromatic amines is 1. The quantitative estimate of drug-likeness (QED) is 0.563. The monoisotopic (exact) mass is 330 g/mol. The predicted octanol–water partition coefficient (Wildman–Crippen LogP) is 0.945. The minimum Gasteiger partial charge on any atom is -0.379 e. The Morgan fingerprint density at radius 1 is 1.17 bits per heavy atom. The number of nitrogens with zero attached hydrogens (tertiary/aromatic N) is 1. The first-order valence-corrected chi connectivity index (χ1v) is 8.19. The Hall–Kier alpha value is -2.38. The summed E-state index contributed by atoms with van der Waals surface area (Å²) in [6, 6.07) is 7.39. The van der Waals surface area contributed by atoms with Gasteiger partial charge < -0.3 is 20.4 Å². The van der Waals surface area contributed by atoms with Crippen LogP contribution in [0, 0.1) is 0 Å². The Kier molecular flexibility index (Phi) is 5.45. The molecule has 3 rings (SSSR count). The highest BCUT2D eigenvalue weighted by Gasteiger charge is 2.15. The van der Waals surface area contributed by atoms with Gasteiger partial charge in [-0.05, 0) is 31.2 Å². The molecule has 1 aliphatic heterocycles. The minimum absolute atomic E-state index is 0.484. The molecule has 7 heteroatoms. The van der Waals surface area contributed by atoms with Gasteiger partial charge in [0, 0.05) is 36.7 Å². The van der Waals surface area contributed by atoms with Crippen molar-refractivity contribution < 1.29 is 14.3 Å². The summed E-state index contributed by atoms with van der Waals surface area (Å²) in [5, 5.41) is 6.21. The van der Waals surface area contributed by atoms with E-state index in [0.29, 0.717) is 12.2 Å². The van der Waals surface area contributed by atoms with Gasteiger partial charge in [-0.15, -0.1) is 0 Å². The van der Waals surface area contributed by atoms with Gasteiger partial charge in [-0.2, -0.15) is 0 Å². The zero-order valence-corrected chi connectivity index (χ0v) is 13.5. The lowest BCUT2D eigenvalue weighted by atomic mass is 10.2. The number of hydrogen-bond donors (Lipinski definition) is 3. The number of benzene rings is 1. The maximum absolute atomic E-state index is 12.0. The fourth-order valence-electron chi connectivity index (χ4n) is 2.78. The number of H-pyrrole nitrogens is 1. The van der Waals surface area contributed by atoms with E-state index in [2.05, 4.69) is 20.5 Å². The third kappa shape index (κ3) is 4.12. The molecular weight excluding hydrogens is 308 g/mol. The average Bonchev–Trinajstić information content (AvgIpc) is 3.09. The van der Waals surface area contributed by atoms with E-state index in [4.69, 9.17) is 4.74 Å². The number of nitrogens with one attached hydrogen (secondary N) is 3. The number of aromatic nitrogens is 1. The van der Waals surface area contributed by atoms with Crippen molar-refractivity contribution >= 4 is 28.4 Å². The van der Waals surface area contributed by atoms with Gasteiger partial charge >= 0.3 is 11.8 Å². The normalized spacial score (nSPS) is 15.3. The van der Waals surface area contributed by atoms with Crippen molar-refractivity contribution in [3.63, 3.8) is 0 Å². The lowest BCUT2D eigenvalue weighted by molar-refractivity contribution is -0.136. The first-order valence-electron chi connectivity index (χ1n) is 8.19. The lowest BCUT2D eigenvalue weighted by Crippen LogP contribution is -2.39. The molecule has 128 valence electrons. The molecule has 1 aromatic carbocycles. The number of amides is 2. The van der Waals surface area contributed by atoms with E-state index < -0.39 is 11.8 Å². The fourth-order valence-corrected chi connectivity index (χ4v) is 2.78. The number of rotatable bonds is 5. The number of ether oxygens (including phenoxy) is 1. The summed E-state index contributed by atoms with van der Waals surface area (Å²) in [6.45, 7) is 4.76. The van der Waals surface area contributed by atoms with Crippen LogP contribution in [-0.2, 0) is 14.3 Å². The summed E-state index contributed by atoms with van der Waals surface area (Å²) in [5.74, 6) is -1.25. The highest BCUT2D eigenvalue weighted by molar-refractivity contribution is 6.40. The number of carbonyl (C=O) groups excluding carboxylic acids is 2. The van der Waals surface area contributed by atoms with Gasteiger partial charge in [0.15, 0.2) is 0 Å². The van der Waals surface area contributed by atoms with Crippen LogP contribution in [0.15, 0.2) is 30.5 Å². The molecule has 7 nitrogen and oxygen atoms in total. The van der Waals surface area contributed by atoms with Crippen LogP contribution in [0.5, 0.6) is 0 Å². The molecule has 24 heavy (non-hydrogen) atoms. The van der Waals surface area contributed by atoms with Gasteiger partial charge in [-0.25, -0.2) is 0 Å². The van der Waals surface area contributed by atoms with Crippen LogP contribution in [0.4, 0.5) is 5.69 Å². The number of carbonyl (C=O) groups is 2. The van der Waals surface area contributed by atoms with Crippen molar-refractivity contribution in [3.05, 3.63) is 30.5 Å². The molecule has 1 aliphatic rings. The largest absolute Gasteiger partial charge is 0.379 e. The Bertz CT molecular complexity index is 707. The van der Waals surface area contributed by atoms with Crippen LogP contribution in [0.2, 0.25) is 0 Å². The van der Waals surface area contributed by atoms with E-state index in [9.17, 15) is 9.59 Å². The minimum atomic E-state index is -0.643. The summed E-state index contributed by atoms with van der Waals surface area (Å²) < 4.78 is 5.29. The molecule has 1 fully saturated rings. The molecule has 2 heterocycles. The van der Waals surface area contributed by atoms with Crippen LogP contribution in [0.25, 0.3) is 10.9 Å². The van der Waals surface area contributed by atoms with Gasteiger partial charge in [-0.1, -0.05) is 6.07 Å². The zero-order chi connectivity index (χ0) is 16.8. The van der Waals surface area contributed by atoms with E-state index in [1.165, 1.54) is 0 Å². The van der Waals surface area contributed by atoms with Crippen molar-refractivity contribution in [2.75, 3.05) is 44.7 Å². The van der Waals surface area contributed by atoms with Gasteiger partial charge in [-0.3, -0.25) is 14.5 Å². The third-order valence-corrected chi connectivity index (χ3v) is 4.09. The Morgan fingerprint density at radius 3 is 2.83 bits per heavy atom. The van der Waals surface area contributed by atoms with E-state index in [0.717, 1.165) is 50.2 Å². The summed E-state index contributed by atoms with van der Waals surface area (Å²) >= 11 is 0. The highest BCUT2D eigenvalue weighted by atomic mass is 16.5. The molecule has 0 atom stereocenters. The van der Waals surface area contributed by atoms with E-state index >= 15 is 0 Å². The molecule has 0 bridgehead atoms. The molecule has 3 N–H and O–H groups in total. The molecular formula is C17H22N4O3. The highest BCUT2D eigenvalue weighted by Crippen LogP contribution is 2.21. The summed E-state index contributed by atoms with van der Waals surface area (Å²) in [5.41, 5.74) is 1.54. The van der Waals surface area contributed by atoms with E-state index in [1.807, 2.05) is 18.2 Å². The summed E-state index contributed by atoms with van der Waals surface area (Å²) in [7, 11) is 0. The van der Waals surface area contributed by atoms with Crippen LogP contribution in [-0.4, -0.2) is 61.1 Å². The fraction of sp³-hybridized carbons (Fsp3) is 0.412. The van der Waals surface area contributed by atoms with Crippen LogP contribution < -0.4 is 10.6 Å². The molecule has 0 saturated carbocycles. The maximum atomic E-state index is 12.0. The zero-order valence-electron chi connectivity index (χ0n) is 13.5.